The highest BCUT2D eigenvalue weighted by Gasteiger charge is 2.16. The Labute approximate surface area is 187 Å². The molecule has 2 aromatic carbocycles. The van der Waals surface area contributed by atoms with Gasteiger partial charge in [-0.3, -0.25) is 9.36 Å². The fourth-order valence-electron chi connectivity index (χ4n) is 3.59. The zero-order valence-electron chi connectivity index (χ0n) is 16.9. The van der Waals surface area contributed by atoms with Gasteiger partial charge in [-0.15, -0.1) is 11.3 Å². The molecule has 5 rings (SSSR count). The third-order valence-corrected chi connectivity index (χ3v) is 6.42. The Hall–Kier alpha value is -3.00. The Morgan fingerprint density at radius 1 is 1.03 bits per heavy atom. The van der Waals surface area contributed by atoms with Crippen LogP contribution in [0.3, 0.4) is 0 Å². The van der Waals surface area contributed by atoms with E-state index in [1.165, 1.54) is 11.3 Å². The summed E-state index contributed by atoms with van der Waals surface area (Å²) in [6.45, 7) is 3.90. The van der Waals surface area contributed by atoms with Crippen molar-refractivity contribution in [3.63, 3.8) is 0 Å². The predicted molar refractivity (Wildman–Crippen MR) is 125 cm³/mol. The highest BCUT2D eigenvalue weighted by atomic mass is 35.5. The van der Waals surface area contributed by atoms with Gasteiger partial charge in [0.2, 0.25) is 0 Å². The summed E-state index contributed by atoms with van der Waals surface area (Å²) in [7, 11) is 0. The minimum Gasteiger partial charge on any atom is -0.389 e. The number of benzene rings is 2. The zero-order valence-corrected chi connectivity index (χ0v) is 18.5. The molecule has 0 aliphatic rings. The molecule has 0 saturated carbocycles. The lowest BCUT2D eigenvalue weighted by Crippen LogP contribution is -2.25. The molecular formula is C23H19ClN4O2S. The summed E-state index contributed by atoms with van der Waals surface area (Å²) in [5.74, 6) is 0. The molecule has 0 aliphatic carbocycles. The Morgan fingerprint density at radius 2 is 1.77 bits per heavy atom. The number of hydrogen-bond acceptors (Lipinski definition) is 5. The molecule has 5 aromatic rings. The molecule has 3 aromatic heterocycles. The molecule has 1 N–H and O–H groups in total. The van der Waals surface area contributed by atoms with Gasteiger partial charge in [-0.05, 0) is 55.8 Å². The van der Waals surface area contributed by atoms with E-state index < -0.39 is 5.60 Å². The van der Waals surface area contributed by atoms with Crippen molar-refractivity contribution < 1.29 is 5.11 Å². The van der Waals surface area contributed by atoms with Crippen LogP contribution in [0.1, 0.15) is 13.8 Å². The second-order valence-electron chi connectivity index (χ2n) is 8.11. The Balaban J connectivity index is 1.61. The molecule has 8 heteroatoms. The van der Waals surface area contributed by atoms with E-state index in [1.54, 1.807) is 31.1 Å². The van der Waals surface area contributed by atoms with E-state index in [9.17, 15) is 9.90 Å². The van der Waals surface area contributed by atoms with Gasteiger partial charge in [0, 0.05) is 9.90 Å². The van der Waals surface area contributed by atoms with Crippen molar-refractivity contribution in [3.05, 3.63) is 76.6 Å². The van der Waals surface area contributed by atoms with Gasteiger partial charge in [0.05, 0.1) is 40.7 Å². The van der Waals surface area contributed by atoms with Crippen molar-refractivity contribution in [3.8, 4) is 16.1 Å². The molecule has 31 heavy (non-hydrogen) atoms. The van der Waals surface area contributed by atoms with Crippen molar-refractivity contribution >= 4 is 44.2 Å². The van der Waals surface area contributed by atoms with Crippen LogP contribution in [0.15, 0.2) is 66.0 Å². The van der Waals surface area contributed by atoms with E-state index in [2.05, 4.69) is 9.97 Å². The molecule has 3 heterocycles. The van der Waals surface area contributed by atoms with Crippen LogP contribution in [0, 0.1) is 0 Å². The average molecular weight is 451 g/mol. The topological polar surface area (TPSA) is 72.9 Å². The number of hydrogen-bond donors (Lipinski definition) is 1. The van der Waals surface area contributed by atoms with E-state index in [-0.39, 0.29) is 5.56 Å². The number of aromatic nitrogens is 4. The molecule has 0 unspecified atom stereocenters. The van der Waals surface area contributed by atoms with Crippen molar-refractivity contribution in [2.45, 2.75) is 26.0 Å². The third kappa shape index (κ3) is 3.76. The van der Waals surface area contributed by atoms with E-state index >= 15 is 0 Å². The molecule has 0 radical (unpaired) electrons. The molecule has 156 valence electrons. The van der Waals surface area contributed by atoms with Gasteiger partial charge in [-0.2, -0.15) is 0 Å². The van der Waals surface area contributed by atoms with E-state index in [4.69, 9.17) is 11.6 Å². The maximum absolute atomic E-state index is 13.3. The van der Waals surface area contributed by atoms with E-state index in [0.29, 0.717) is 27.5 Å². The van der Waals surface area contributed by atoms with Gasteiger partial charge >= 0.3 is 0 Å². The second-order valence-corrected chi connectivity index (χ2v) is 9.60. The quantitative estimate of drug-likeness (QED) is 0.423. The lowest BCUT2D eigenvalue weighted by Gasteiger charge is -2.18. The smallest absolute Gasteiger partial charge is 0.275 e. The molecule has 0 spiro atoms. The lowest BCUT2D eigenvalue weighted by atomic mass is 10.1. The van der Waals surface area contributed by atoms with Crippen molar-refractivity contribution in [2.75, 3.05) is 0 Å². The van der Waals surface area contributed by atoms with E-state index in [0.717, 1.165) is 21.5 Å². The summed E-state index contributed by atoms with van der Waals surface area (Å²) >= 11 is 7.41. The third-order valence-electron chi connectivity index (χ3n) is 5.01. The van der Waals surface area contributed by atoms with Crippen molar-refractivity contribution in [2.24, 2.45) is 0 Å². The van der Waals surface area contributed by atoms with Crippen LogP contribution in [0.25, 0.3) is 37.4 Å². The first-order valence-corrected chi connectivity index (χ1v) is 10.9. The van der Waals surface area contributed by atoms with Crippen LogP contribution in [0.2, 0.25) is 5.02 Å². The maximum Gasteiger partial charge on any atom is 0.275 e. The van der Waals surface area contributed by atoms with Crippen LogP contribution < -0.4 is 5.56 Å². The number of thiophene rings is 1. The number of halogens is 1. The Kier molecular flexibility index (Phi) is 4.69. The van der Waals surface area contributed by atoms with Crippen LogP contribution in [-0.2, 0) is 6.54 Å². The molecular weight excluding hydrogens is 432 g/mol. The first-order valence-electron chi connectivity index (χ1n) is 9.73. The molecule has 0 aliphatic heterocycles. The van der Waals surface area contributed by atoms with Crippen LogP contribution in [0.4, 0.5) is 0 Å². The highest BCUT2D eigenvalue weighted by Crippen LogP contribution is 2.31. The monoisotopic (exact) mass is 450 g/mol. The van der Waals surface area contributed by atoms with Crippen LogP contribution in [-0.4, -0.2) is 29.8 Å². The zero-order chi connectivity index (χ0) is 21.8. The molecule has 0 fully saturated rings. The molecule has 0 saturated heterocycles. The van der Waals surface area contributed by atoms with Crippen molar-refractivity contribution in [1.29, 1.82) is 0 Å². The van der Waals surface area contributed by atoms with Crippen LogP contribution >= 0.6 is 22.9 Å². The Bertz CT molecular complexity index is 1480. The summed E-state index contributed by atoms with van der Waals surface area (Å²) in [5.41, 5.74) is 3.01. The van der Waals surface area contributed by atoms with Crippen LogP contribution in [0.5, 0.6) is 0 Å². The summed E-state index contributed by atoms with van der Waals surface area (Å²) in [5, 5.41) is 10.9. The predicted octanol–water partition coefficient (Wildman–Crippen LogP) is 4.89. The standard InChI is InChI=1S/C23H19ClN4O2S/c1-23(2,30)11-27-12-25-17-8-7-16(9-19(17)27)28-13-26-18-10-20(31-21(18)22(28)29)14-3-5-15(24)6-4-14/h3-10,12-13,30H,11H2,1-2H3. The fourth-order valence-corrected chi connectivity index (χ4v) is 4.76. The number of rotatable bonds is 4. The normalized spacial score (nSPS) is 12.1. The average Bonchev–Trinajstić information content (AvgIpc) is 3.32. The summed E-state index contributed by atoms with van der Waals surface area (Å²) in [4.78, 5) is 23.1. The summed E-state index contributed by atoms with van der Waals surface area (Å²) in [6, 6.07) is 15.1. The number of nitrogens with zero attached hydrogens (tertiary/aromatic N) is 4. The molecule has 0 atom stereocenters. The SMILES string of the molecule is CC(C)(O)Cn1cnc2ccc(-n3cnc4cc(-c5ccc(Cl)cc5)sc4c3=O)cc21. The summed E-state index contributed by atoms with van der Waals surface area (Å²) < 4.78 is 4.03. The maximum atomic E-state index is 13.3. The van der Waals surface area contributed by atoms with Gasteiger partial charge in [-0.25, -0.2) is 9.97 Å². The molecule has 0 bridgehead atoms. The summed E-state index contributed by atoms with van der Waals surface area (Å²) in [6.07, 6.45) is 3.26. The first kappa shape index (κ1) is 19.9. The minimum atomic E-state index is -0.879. The number of imidazole rings is 1. The van der Waals surface area contributed by atoms with E-state index in [1.807, 2.05) is 53.1 Å². The lowest BCUT2D eigenvalue weighted by molar-refractivity contribution is 0.0626. The van der Waals surface area contributed by atoms with Gasteiger partial charge in [0.15, 0.2) is 0 Å². The van der Waals surface area contributed by atoms with Gasteiger partial charge in [0.1, 0.15) is 11.0 Å². The Morgan fingerprint density at radius 3 is 2.52 bits per heavy atom. The first-order chi connectivity index (χ1) is 14.8. The molecule has 6 nitrogen and oxygen atoms in total. The minimum absolute atomic E-state index is 0.122. The number of aliphatic hydroxyl groups is 1. The largest absolute Gasteiger partial charge is 0.389 e. The highest BCUT2D eigenvalue weighted by molar-refractivity contribution is 7.22. The van der Waals surface area contributed by atoms with Gasteiger partial charge in [0.25, 0.3) is 5.56 Å². The van der Waals surface area contributed by atoms with Gasteiger partial charge in [-0.1, -0.05) is 23.7 Å². The molecule has 0 amide bonds. The second kappa shape index (κ2) is 7.30. The van der Waals surface area contributed by atoms with Gasteiger partial charge < -0.3 is 9.67 Å². The fraction of sp³-hybridized carbons (Fsp3) is 0.174. The number of fused-ring (bicyclic) bond motifs is 2. The van der Waals surface area contributed by atoms with Crippen molar-refractivity contribution in [1.82, 2.24) is 19.1 Å².